The lowest BCUT2D eigenvalue weighted by Gasteiger charge is -2.10. The van der Waals surface area contributed by atoms with E-state index in [0.717, 1.165) is 12.1 Å². The maximum absolute atomic E-state index is 13.9. The molecule has 0 saturated heterocycles. The molecular formula is C23H17F2N3O4. The number of hydrogen-bond acceptors (Lipinski definition) is 6. The number of hydrogen-bond donors (Lipinski definition) is 0. The maximum atomic E-state index is 13.9. The molecule has 2 aromatic heterocycles. The summed E-state index contributed by atoms with van der Waals surface area (Å²) in [6.07, 6.45) is 1.54. The molecule has 0 aliphatic carbocycles. The van der Waals surface area contributed by atoms with Gasteiger partial charge >= 0.3 is 5.97 Å². The average molecular weight is 437 g/mol. The van der Waals surface area contributed by atoms with Gasteiger partial charge in [0.1, 0.15) is 23.1 Å². The van der Waals surface area contributed by atoms with Crippen molar-refractivity contribution < 1.29 is 27.8 Å². The number of esters is 1. The number of halogens is 2. The second-order valence-corrected chi connectivity index (χ2v) is 6.72. The van der Waals surface area contributed by atoms with E-state index in [1.54, 1.807) is 31.3 Å². The van der Waals surface area contributed by atoms with Gasteiger partial charge in [-0.25, -0.2) is 23.1 Å². The van der Waals surface area contributed by atoms with Crippen LogP contribution in [0.4, 0.5) is 8.78 Å². The highest BCUT2D eigenvalue weighted by Crippen LogP contribution is 2.24. The summed E-state index contributed by atoms with van der Waals surface area (Å²) in [5, 5.41) is 4.37. The maximum Gasteiger partial charge on any atom is 0.344 e. The number of carbonyl (C=O) groups excluding carboxylic acids is 2. The van der Waals surface area contributed by atoms with E-state index in [4.69, 9.17) is 9.47 Å². The van der Waals surface area contributed by atoms with Crippen molar-refractivity contribution in [3.8, 4) is 17.0 Å². The van der Waals surface area contributed by atoms with Crippen molar-refractivity contribution in [1.82, 2.24) is 14.6 Å². The first-order chi connectivity index (χ1) is 15.4. The van der Waals surface area contributed by atoms with Crippen molar-refractivity contribution in [1.29, 1.82) is 0 Å². The van der Waals surface area contributed by atoms with Crippen LogP contribution < -0.4 is 4.74 Å². The van der Waals surface area contributed by atoms with Crippen LogP contribution in [0.5, 0.6) is 5.75 Å². The lowest BCUT2D eigenvalue weighted by molar-refractivity contribution is -0.145. The number of ketones is 1. The first-order valence-electron chi connectivity index (χ1n) is 9.69. The minimum Gasteiger partial charge on any atom is -0.481 e. The topological polar surface area (TPSA) is 82.8 Å². The zero-order valence-electron chi connectivity index (χ0n) is 16.9. The van der Waals surface area contributed by atoms with Crippen LogP contribution in [-0.2, 0) is 9.53 Å². The van der Waals surface area contributed by atoms with E-state index in [9.17, 15) is 18.4 Å². The van der Waals surface area contributed by atoms with E-state index >= 15 is 0 Å². The summed E-state index contributed by atoms with van der Waals surface area (Å²) in [5.74, 6) is -2.16. The van der Waals surface area contributed by atoms with Gasteiger partial charge in [0, 0.05) is 17.8 Å². The van der Waals surface area contributed by atoms with Gasteiger partial charge in [-0.2, -0.15) is 5.10 Å². The van der Waals surface area contributed by atoms with Crippen LogP contribution in [-0.4, -0.2) is 39.6 Å². The third-order valence-corrected chi connectivity index (χ3v) is 4.53. The van der Waals surface area contributed by atoms with Crippen LogP contribution in [0.15, 0.2) is 60.8 Å². The summed E-state index contributed by atoms with van der Waals surface area (Å²) >= 11 is 0. The van der Waals surface area contributed by atoms with Crippen LogP contribution in [0.3, 0.4) is 0 Å². The Kier molecular flexibility index (Phi) is 5.89. The smallest absolute Gasteiger partial charge is 0.344 e. The molecule has 7 nitrogen and oxygen atoms in total. The number of benzene rings is 2. The Labute approximate surface area is 181 Å². The zero-order valence-corrected chi connectivity index (χ0v) is 16.9. The molecule has 0 radical (unpaired) electrons. The molecule has 0 N–H and O–H groups in total. The van der Waals surface area contributed by atoms with Gasteiger partial charge in [-0.1, -0.05) is 0 Å². The summed E-state index contributed by atoms with van der Waals surface area (Å²) in [5.41, 5.74) is 1.57. The van der Waals surface area contributed by atoms with Crippen molar-refractivity contribution in [2.75, 3.05) is 13.2 Å². The zero-order chi connectivity index (χ0) is 22.7. The summed E-state index contributed by atoms with van der Waals surface area (Å²) in [7, 11) is 0. The predicted octanol–water partition coefficient (Wildman–Crippen LogP) is 3.85. The van der Waals surface area contributed by atoms with Crippen molar-refractivity contribution in [3.05, 3.63) is 83.7 Å². The van der Waals surface area contributed by atoms with E-state index in [1.165, 1.54) is 28.8 Å². The Morgan fingerprint density at radius 2 is 1.75 bits per heavy atom. The lowest BCUT2D eigenvalue weighted by atomic mass is 10.1. The normalized spacial score (nSPS) is 10.8. The summed E-state index contributed by atoms with van der Waals surface area (Å²) < 4.78 is 38.7. The van der Waals surface area contributed by atoms with Gasteiger partial charge in [-0.3, -0.25) is 4.79 Å². The molecule has 2 heterocycles. The lowest BCUT2D eigenvalue weighted by Crippen LogP contribution is -2.16. The van der Waals surface area contributed by atoms with Gasteiger partial charge in [0.25, 0.3) is 0 Å². The predicted molar refractivity (Wildman–Crippen MR) is 110 cm³/mol. The van der Waals surface area contributed by atoms with Gasteiger partial charge < -0.3 is 9.47 Å². The SMILES string of the molecule is CCOC(=O)COc1ccc(F)cc1C(=O)c1ccn2nc(-c3ccc(F)cc3)cc2n1. The molecule has 0 unspecified atom stereocenters. The Bertz CT molecular complexity index is 1300. The highest BCUT2D eigenvalue weighted by atomic mass is 19.1. The molecule has 4 aromatic rings. The molecule has 0 atom stereocenters. The third-order valence-electron chi connectivity index (χ3n) is 4.53. The van der Waals surface area contributed by atoms with Gasteiger partial charge in [-0.15, -0.1) is 0 Å². The molecule has 4 rings (SSSR count). The van der Waals surface area contributed by atoms with Gasteiger partial charge in [0.15, 0.2) is 12.3 Å². The fourth-order valence-electron chi connectivity index (χ4n) is 3.05. The number of rotatable bonds is 7. The molecule has 32 heavy (non-hydrogen) atoms. The molecule has 0 aliphatic heterocycles. The number of nitrogens with zero attached hydrogens (tertiary/aromatic N) is 3. The number of ether oxygens (including phenoxy) is 2. The number of carbonyl (C=O) groups is 2. The number of fused-ring (bicyclic) bond motifs is 1. The first kappa shape index (κ1) is 21.1. The van der Waals surface area contributed by atoms with E-state index in [-0.39, 0.29) is 29.4 Å². The third kappa shape index (κ3) is 4.46. The molecule has 0 amide bonds. The quantitative estimate of drug-likeness (QED) is 0.323. The van der Waals surface area contributed by atoms with Crippen LogP contribution in [0.1, 0.15) is 23.0 Å². The Hall–Kier alpha value is -4.14. The second-order valence-electron chi connectivity index (χ2n) is 6.72. The summed E-state index contributed by atoms with van der Waals surface area (Å²) in [6, 6.07) is 12.3. The molecule has 2 aromatic carbocycles. The molecule has 9 heteroatoms. The second kappa shape index (κ2) is 8.93. The van der Waals surface area contributed by atoms with Crippen molar-refractivity contribution in [3.63, 3.8) is 0 Å². The molecule has 0 aliphatic rings. The monoisotopic (exact) mass is 437 g/mol. The van der Waals surface area contributed by atoms with Crippen molar-refractivity contribution >= 4 is 17.4 Å². The fourth-order valence-corrected chi connectivity index (χ4v) is 3.05. The van der Waals surface area contributed by atoms with Crippen LogP contribution in [0.2, 0.25) is 0 Å². The summed E-state index contributed by atoms with van der Waals surface area (Å²) in [6.45, 7) is 1.42. The van der Waals surface area contributed by atoms with Gasteiger partial charge in [0.2, 0.25) is 5.78 Å². The molecule has 162 valence electrons. The van der Waals surface area contributed by atoms with Gasteiger partial charge in [0.05, 0.1) is 17.9 Å². The number of aromatic nitrogens is 3. The largest absolute Gasteiger partial charge is 0.481 e. The Morgan fingerprint density at radius 1 is 1.00 bits per heavy atom. The van der Waals surface area contributed by atoms with E-state index in [2.05, 4.69) is 10.1 Å². The van der Waals surface area contributed by atoms with Gasteiger partial charge in [-0.05, 0) is 55.5 Å². The Morgan fingerprint density at radius 3 is 2.50 bits per heavy atom. The summed E-state index contributed by atoms with van der Waals surface area (Å²) in [4.78, 5) is 28.9. The van der Waals surface area contributed by atoms with Crippen LogP contribution in [0.25, 0.3) is 16.9 Å². The highest BCUT2D eigenvalue weighted by Gasteiger charge is 2.19. The van der Waals surface area contributed by atoms with Crippen molar-refractivity contribution in [2.45, 2.75) is 6.92 Å². The molecule has 0 bridgehead atoms. The molecule has 0 fully saturated rings. The fraction of sp³-hybridized carbons (Fsp3) is 0.130. The minimum absolute atomic E-state index is 0.0339. The standard InChI is InChI=1S/C23H17F2N3O4/c1-2-31-22(29)13-32-20-8-7-16(25)11-17(20)23(30)18-9-10-28-21(26-18)12-19(27-28)14-3-5-15(24)6-4-14/h3-12H,2,13H2,1H3. The first-order valence-corrected chi connectivity index (χ1v) is 9.69. The minimum atomic E-state index is -0.638. The highest BCUT2D eigenvalue weighted by molar-refractivity contribution is 6.09. The molecular weight excluding hydrogens is 420 g/mol. The molecule has 0 saturated carbocycles. The molecule has 0 spiro atoms. The van der Waals surface area contributed by atoms with E-state index in [0.29, 0.717) is 16.9 Å². The van der Waals surface area contributed by atoms with Crippen LogP contribution in [0, 0.1) is 11.6 Å². The van der Waals surface area contributed by atoms with Crippen LogP contribution >= 0.6 is 0 Å². The van der Waals surface area contributed by atoms with Crippen molar-refractivity contribution in [2.24, 2.45) is 0 Å². The average Bonchev–Trinajstić information content (AvgIpc) is 3.21. The van der Waals surface area contributed by atoms with E-state index in [1.807, 2.05) is 0 Å². The van der Waals surface area contributed by atoms with E-state index < -0.39 is 24.2 Å². The Balaban J connectivity index is 1.64.